The molecule has 0 spiro atoms. The van der Waals surface area contributed by atoms with E-state index in [1.165, 1.54) is 11.1 Å². The van der Waals surface area contributed by atoms with Crippen molar-refractivity contribution in [2.24, 2.45) is 5.92 Å². The van der Waals surface area contributed by atoms with Crippen LogP contribution in [0.25, 0.3) is 0 Å². The van der Waals surface area contributed by atoms with E-state index in [2.05, 4.69) is 41.1 Å². The van der Waals surface area contributed by atoms with Gasteiger partial charge in [-0.1, -0.05) is 30.3 Å². The molecule has 1 N–H and O–H groups in total. The molecule has 3 rings (SSSR count). The van der Waals surface area contributed by atoms with E-state index in [0.29, 0.717) is 19.0 Å². The highest BCUT2D eigenvalue weighted by molar-refractivity contribution is 5.80. The van der Waals surface area contributed by atoms with Crippen molar-refractivity contribution in [2.75, 3.05) is 19.6 Å². The number of rotatable bonds is 7. The summed E-state index contributed by atoms with van der Waals surface area (Å²) < 4.78 is 0. The molecule has 1 fully saturated rings. The zero-order valence-electron chi connectivity index (χ0n) is 16.9. The summed E-state index contributed by atoms with van der Waals surface area (Å²) >= 11 is 0. The average molecular weight is 382 g/mol. The van der Waals surface area contributed by atoms with Gasteiger partial charge in [0.1, 0.15) is 6.10 Å². The molecule has 5 nitrogen and oxygen atoms in total. The number of aliphatic hydroxyl groups is 1. The molecule has 1 saturated heterocycles. The standard InChI is InChI=1S/C23H31N3O2/c1-18-6-3-4-8-22(18)17-25-12-9-20(10-13-25)15-26(23(28)19(2)27)16-21-7-5-11-24-14-21/h3-8,11,14,19-20,27H,9-10,12-13,15-17H2,1-2H3/t19-/m0/s1. The molecular weight excluding hydrogens is 350 g/mol. The predicted molar refractivity (Wildman–Crippen MR) is 111 cm³/mol. The first kappa shape index (κ1) is 20.5. The Labute approximate surface area is 168 Å². The lowest BCUT2D eigenvalue weighted by Crippen LogP contribution is -2.43. The third-order valence-corrected chi connectivity index (χ3v) is 5.61. The van der Waals surface area contributed by atoms with Crippen LogP contribution < -0.4 is 0 Å². The van der Waals surface area contributed by atoms with Gasteiger partial charge in [0, 0.05) is 32.0 Å². The van der Waals surface area contributed by atoms with E-state index in [1.54, 1.807) is 24.2 Å². The first-order valence-electron chi connectivity index (χ1n) is 10.2. The first-order chi connectivity index (χ1) is 13.5. The van der Waals surface area contributed by atoms with Crippen LogP contribution in [0.4, 0.5) is 0 Å². The lowest BCUT2D eigenvalue weighted by atomic mass is 9.95. The molecule has 0 aliphatic carbocycles. The second-order valence-corrected chi connectivity index (χ2v) is 7.90. The Morgan fingerprint density at radius 3 is 2.64 bits per heavy atom. The summed E-state index contributed by atoms with van der Waals surface area (Å²) in [5.74, 6) is 0.263. The van der Waals surface area contributed by atoms with Crippen molar-refractivity contribution in [1.82, 2.24) is 14.8 Å². The number of amides is 1. The summed E-state index contributed by atoms with van der Waals surface area (Å²) in [5, 5.41) is 9.82. The lowest BCUT2D eigenvalue weighted by molar-refractivity contribution is -0.140. The molecule has 1 amide bonds. The molecule has 1 aromatic carbocycles. The minimum Gasteiger partial charge on any atom is -0.384 e. The SMILES string of the molecule is Cc1ccccc1CN1CCC(CN(Cc2cccnc2)C(=O)[C@H](C)O)CC1. The Hall–Kier alpha value is -2.24. The molecule has 1 aliphatic heterocycles. The van der Waals surface area contributed by atoms with Crippen molar-refractivity contribution >= 4 is 5.91 Å². The van der Waals surface area contributed by atoms with Gasteiger partial charge < -0.3 is 10.0 Å². The second-order valence-electron chi connectivity index (χ2n) is 7.90. The van der Waals surface area contributed by atoms with Crippen molar-refractivity contribution < 1.29 is 9.90 Å². The number of nitrogens with zero attached hydrogens (tertiary/aromatic N) is 3. The minimum absolute atomic E-state index is 0.203. The summed E-state index contributed by atoms with van der Waals surface area (Å²) in [6.07, 6.45) is 4.69. The van der Waals surface area contributed by atoms with Crippen LogP contribution in [0.15, 0.2) is 48.8 Å². The van der Waals surface area contributed by atoms with Gasteiger partial charge in [0.2, 0.25) is 0 Å². The van der Waals surface area contributed by atoms with E-state index in [1.807, 2.05) is 12.1 Å². The zero-order chi connectivity index (χ0) is 19.9. The topological polar surface area (TPSA) is 56.7 Å². The Balaban J connectivity index is 1.55. The van der Waals surface area contributed by atoms with Crippen LogP contribution in [0.5, 0.6) is 0 Å². The van der Waals surface area contributed by atoms with Gasteiger partial charge in [-0.25, -0.2) is 0 Å². The van der Waals surface area contributed by atoms with E-state index >= 15 is 0 Å². The van der Waals surface area contributed by atoms with Crippen molar-refractivity contribution in [1.29, 1.82) is 0 Å². The predicted octanol–water partition coefficient (Wildman–Crippen LogP) is 3.01. The molecule has 0 unspecified atom stereocenters. The number of aryl methyl sites for hydroxylation is 1. The number of carbonyl (C=O) groups is 1. The van der Waals surface area contributed by atoms with Gasteiger partial charge in [0.15, 0.2) is 0 Å². The Bertz CT molecular complexity index is 755. The summed E-state index contributed by atoms with van der Waals surface area (Å²) in [6.45, 7) is 7.98. The Morgan fingerprint density at radius 2 is 2.00 bits per heavy atom. The van der Waals surface area contributed by atoms with Gasteiger partial charge in [-0.05, 0) is 68.5 Å². The van der Waals surface area contributed by atoms with E-state index < -0.39 is 6.10 Å². The number of benzene rings is 1. The fraction of sp³-hybridized carbons (Fsp3) is 0.478. The number of piperidine rings is 1. The number of aromatic nitrogens is 1. The second kappa shape index (κ2) is 9.80. The molecule has 1 aromatic heterocycles. The molecule has 150 valence electrons. The van der Waals surface area contributed by atoms with Crippen molar-refractivity contribution in [3.05, 3.63) is 65.5 Å². The van der Waals surface area contributed by atoms with Crippen molar-refractivity contribution in [2.45, 2.75) is 45.9 Å². The maximum atomic E-state index is 12.5. The number of hydrogen-bond donors (Lipinski definition) is 1. The monoisotopic (exact) mass is 381 g/mol. The molecule has 2 heterocycles. The normalized spacial score (nSPS) is 16.7. The average Bonchev–Trinajstić information content (AvgIpc) is 2.71. The molecule has 28 heavy (non-hydrogen) atoms. The number of pyridine rings is 1. The molecular formula is C23H31N3O2. The third kappa shape index (κ3) is 5.63. The van der Waals surface area contributed by atoms with E-state index in [0.717, 1.165) is 38.0 Å². The fourth-order valence-electron chi connectivity index (χ4n) is 3.88. The maximum Gasteiger partial charge on any atom is 0.251 e. The molecule has 1 atom stereocenters. The number of hydrogen-bond acceptors (Lipinski definition) is 4. The van der Waals surface area contributed by atoms with Crippen molar-refractivity contribution in [3.63, 3.8) is 0 Å². The van der Waals surface area contributed by atoms with Gasteiger partial charge in [-0.3, -0.25) is 14.7 Å². The van der Waals surface area contributed by atoms with Crippen LogP contribution in [0.2, 0.25) is 0 Å². The summed E-state index contributed by atoms with van der Waals surface area (Å²) in [7, 11) is 0. The van der Waals surface area contributed by atoms with E-state index in [9.17, 15) is 9.90 Å². The number of likely N-dealkylation sites (tertiary alicyclic amines) is 1. The quantitative estimate of drug-likeness (QED) is 0.801. The van der Waals surface area contributed by atoms with E-state index in [-0.39, 0.29) is 5.91 Å². The largest absolute Gasteiger partial charge is 0.384 e. The summed E-state index contributed by atoms with van der Waals surface area (Å²) in [5.41, 5.74) is 3.73. The van der Waals surface area contributed by atoms with E-state index in [4.69, 9.17) is 0 Å². The molecule has 0 bridgehead atoms. The third-order valence-electron chi connectivity index (χ3n) is 5.61. The van der Waals surface area contributed by atoms with Gasteiger partial charge in [-0.2, -0.15) is 0 Å². The highest BCUT2D eigenvalue weighted by atomic mass is 16.3. The maximum absolute atomic E-state index is 12.5. The van der Waals surface area contributed by atoms with Crippen LogP contribution in [0.1, 0.15) is 36.5 Å². The van der Waals surface area contributed by atoms with Crippen molar-refractivity contribution in [3.8, 4) is 0 Å². The number of aliphatic hydroxyl groups excluding tert-OH is 1. The van der Waals surface area contributed by atoms with Crippen LogP contribution >= 0.6 is 0 Å². The fourth-order valence-corrected chi connectivity index (χ4v) is 3.88. The van der Waals surface area contributed by atoms with Crippen LogP contribution in [-0.2, 0) is 17.9 Å². The van der Waals surface area contributed by atoms with Gasteiger partial charge >= 0.3 is 0 Å². The van der Waals surface area contributed by atoms with Gasteiger partial charge in [0.05, 0.1) is 0 Å². The van der Waals surface area contributed by atoms with Gasteiger partial charge in [0.25, 0.3) is 5.91 Å². The molecule has 1 aliphatic rings. The molecule has 5 heteroatoms. The smallest absolute Gasteiger partial charge is 0.251 e. The van der Waals surface area contributed by atoms with Crippen LogP contribution in [-0.4, -0.2) is 51.5 Å². The van der Waals surface area contributed by atoms with Crippen LogP contribution in [0, 0.1) is 12.8 Å². The van der Waals surface area contributed by atoms with Gasteiger partial charge in [-0.15, -0.1) is 0 Å². The zero-order valence-corrected chi connectivity index (χ0v) is 16.9. The Kier molecular flexibility index (Phi) is 7.18. The summed E-state index contributed by atoms with van der Waals surface area (Å²) in [4.78, 5) is 20.9. The Morgan fingerprint density at radius 1 is 1.25 bits per heavy atom. The van der Waals surface area contributed by atoms with Crippen LogP contribution in [0.3, 0.4) is 0 Å². The minimum atomic E-state index is -0.974. The highest BCUT2D eigenvalue weighted by Gasteiger charge is 2.26. The first-order valence-corrected chi connectivity index (χ1v) is 10.2. The molecule has 0 radical (unpaired) electrons. The molecule has 2 aromatic rings. The summed E-state index contributed by atoms with van der Waals surface area (Å²) in [6, 6.07) is 12.4. The highest BCUT2D eigenvalue weighted by Crippen LogP contribution is 2.22. The molecule has 0 saturated carbocycles. The lowest BCUT2D eigenvalue weighted by Gasteiger charge is -2.35. The number of carbonyl (C=O) groups excluding carboxylic acids is 1.